The first kappa shape index (κ1) is 17.3. The Balaban J connectivity index is 2.14. The van der Waals surface area contributed by atoms with Gasteiger partial charge in [0.25, 0.3) is 0 Å². The Hall–Kier alpha value is -0.0800. The van der Waals surface area contributed by atoms with Crippen LogP contribution in [0.4, 0.5) is 0 Å². The molecule has 0 radical (unpaired) electrons. The zero-order valence-corrected chi connectivity index (χ0v) is 15.0. The van der Waals surface area contributed by atoms with Gasteiger partial charge in [0.15, 0.2) is 0 Å². The Morgan fingerprint density at radius 2 is 1.57 bits per heavy atom. The number of rotatable bonds is 6. The van der Waals surface area contributed by atoms with E-state index < -0.39 is 0 Å². The number of nitrogens with zero attached hydrogens (tertiary/aromatic N) is 1. The molecule has 0 aromatic carbocycles. The third-order valence-corrected chi connectivity index (χ3v) is 6.72. The Labute approximate surface area is 133 Å². The summed E-state index contributed by atoms with van der Waals surface area (Å²) in [5, 5.41) is 4.02. The molecule has 1 heterocycles. The molecule has 21 heavy (non-hydrogen) atoms. The van der Waals surface area contributed by atoms with E-state index in [1.54, 1.807) is 0 Å². The quantitative estimate of drug-likeness (QED) is 0.771. The maximum Gasteiger partial charge on any atom is 0.0329 e. The van der Waals surface area contributed by atoms with E-state index >= 15 is 0 Å². The lowest BCUT2D eigenvalue weighted by Gasteiger charge is -2.56. The first-order valence-corrected chi connectivity index (χ1v) is 9.63. The van der Waals surface area contributed by atoms with Gasteiger partial charge in [0.2, 0.25) is 0 Å². The lowest BCUT2D eigenvalue weighted by molar-refractivity contribution is -0.0241. The minimum Gasteiger partial charge on any atom is -0.308 e. The highest BCUT2D eigenvalue weighted by Gasteiger charge is 2.46. The molecule has 0 amide bonds. The largest absolute Gasteiger partial charge is 0.308 e. The normalized spacial score (nSPS) is 25.6. The molecule has 1 saturated carbocycles. The summed E-state index contributed by atoms with van der Waals surface area (Å²) in [5.74, 6) is 0.876. The minimum atomic E-state index is 0.408. The van der Waals surface area contributed by atoms with Crippen LogP contribution in [0.15, 0.2) is 0 Å². The number of piperazine rings is 1. The van der Waals surface area contributed by atoms with Crippen LogP contribution >= 0.6 is 0 Å². The van der Waals surface area contributed by atoms with Gasteiger partial charge < -0.3 is 5.32 Å². The Morgan fingerprint density at radius 3 is 2.10 bits per heavy atom. The third-order valence-electron chi connectivity index (χ3n) is 6.72. The van der Waals surface area contributed by atoms with Gasteiger partial charge in [-0.2, -0.15) is 0 Å². The van der Waals surface area contributed by atoms with Crippen molar-refractivity contribution in [3.05, 3.63) is 0 Å². The molecular weight excluding hydrogens is 256 g/mol. The van der Waals surface area contributed by atoms with Gasteiger partial charge in [-0.15, -0.1) is 0 Å². The van der Waals surface area contributed by atoms with Crippen LogP contribution in [0.25, 0.3) is 0 Å². The maximum absolute atomic E-state index is 4.02. The summed E-state index contributed by atoms with van der Waals surface area (Å²) in [6.07, 6.45) is 12.3. The van der Waals surface area contributed by atoms with Crippen LogP contribution in [0.5, 0.6) is 0 Å². The highest BCUT2D eigenvalue weighted by molar-refractivity contribution is 5.05. The van der Waals surface area contributed by atoms with Crippen molar-refractivity contribution in [2.24, 2.45) is 5.92 Å². The molecule has 1 spiro atoms. The van der Waals surface area contributed by atoms with Crippen molar-refractivity contribution in [1.29, 1.82) is 0 Å². The fraction of sp³-hybridized carbons (Fsp3) is 1.00. The molecule has 2 heteroatoms. The van der Waals surface area contributed by atoms with Crippen molar-refractivity contribution in [1.82, 2.24) is 10.2 Å². The van der Waals surface area contributed by atoms with Crippen LogP contribution in [0.2, 0.25) is 0 Å². The van der Waals surface area contributed by atoms with Crippen molar-refractivity contribution in [2.45, 2.75) is 96.6 Å². The average molecular weight is 295 g/mol. The topological polar surface area (TPSA) is 15.3 Å². The van der Waals surface area contributed by atoms with Crippen molar-refractivity contribution in [3.8, 4) is 0 Å². The fourth-order valence-electron chi connectivity index (χ4n) is 4.68. The predicted molar refractivity (Wildman–Crippen MR) is 92.8 cm³/mol. The second-order valence-corrected chi connectivity index (χ2v) is 7.69. The van der Waals surface area contributed by atoms with Crippen LogP contribution < -0.4 is 5.32 Å². The summed E-state index contributed by atoms with van der Waals surface area (Å²) < 4.78 is 0. The van der Waals surface area contributed by atoms with Gasteiger partial charge in [-0.25, -0.2) is 0 Å². The zero-order chi connectivity index (χ0) is 15.3. The first-order valence-electron chi connectivity index (χ1n) is 9.63. The van der Waals surface area contributed by atoms with Crippen LogP contribution in [0.1, 0.15) is 85.5 Å². The standard InChI is InChI=1S/C19H38N2/c1-5-17(6-2)14-21-16-18(12-10-9-11-13-18)20-15-19(21,7-3)8-4/h17,20H,5-16H2,1-4H3. The molecule has 1 aliphatic carbocycles. The molecule has 2 rings (SSSR count). The van der Waals surface area contributed by atoms with Gasteiger partial charge in [-0.05, 0) is 31.6 Å². The minimum absolute atomic E-state index is 0.408. The van der Waals surface area contributed by atoms with Crippen LogP contribution in [0, 0.1) is 5.92 Å². The number of hydrogen-bond donors (Lipinski definition) is 1. The molecule has 0 bridgehead atoms. The second kappa shape index (κ2) is 7.46. The lowest BCUT2D eigenvalue weighted by atomic mass is 9.75. The molecule has 0 aromatic heterocycles. The van der Waals surface area contributed by atoms with E-state index in [1.165, 1.54) is 77.4 Å². The summed E-state index contributed by atoms with van der Waals surface area (Å²) in [5.41, 5.74) is 0.851. The van der Waals surface area contributed by atoms with Gasteiger partial charge in [-0.1, -0.05) is 59.8 Å². The summed E-state index contributed by atoms with van der Waals surface area (Å²) in [4.78, 5) is 2.91. The highest BCUT2D eigenvalue weighted by Crippen LogP contribution is 2.37. The molecule has 0 atom stereocenters. The second-order valence-electron chi connectivity index (χ2n) is 7.69. The summed E-state index contributed by atoms with van der Waals surface area (Å²) >= 11 is 0. The highest BCUT2D eigenvalue weighted by atomic mass is 15.3. The van der Waals surface area contributed by atoms with E-state index in [2.05, 4.69) is 37.9 Å². The molecule has 124 valence electrons. The Morgan fingerprint density at radius 1 is 0.952 bits per heavy atom. The van der Waals surface area contributed by atoms with Crippen LogP contribution in [0.3, 0.4) is 0 Å². The molecule has 0 aromatic rings. The van der Waals surface area contributed by atoms with E-state index in [0.717, 1.165) is 5.92 Å². The molecule has 1 aliphatic heterocycles. The SMILES string of the molecule is CCC(CC)CN1CC2(CCCCC2)NCC1(CC)CC. The molecule has 1 N–H and O–H groups in total. The number of nitrogens with one attached hydrogen (secondary N) is 1. The van der Waals surface area contributed by atoms with Crippen LogP contribution in [-0.4, -0.2) is 35.6 Å². The summed E-state index contributed by atoms with van der Waals surface area (Å²) in [6, 6.07) is 0. The predicted octanol–water partition coefficient (Wildman–Crippen LogP) is 4.59. The van der Waals surface area contributed by atoms with Gasteiger partial charge in [0.05, 0.1) is 0 Å². The maximum atomic E-state index is 4.02. The fourth-order valence-corrected chi connectivity index (χ4v) is 4.68. The van der Waals surface area contributed by atoms with Gasteiger partial charge in [-0.3, -0.25) is 4.90 Å². The molecule has 2 nitrogen and oxygen atoms in total. The van der Waals surface area contributed by atoms with Crippen molar-refractivity contribution in [2.75, 3.05) is 19.6 Å². The zero-order valence-electron chi connectivity index (χ0n) is 15.0. The van der Waals surface area contributed by atoms with E-state index in [9.17, 15) is 0 Å². The molecule has 1 saturated heterocycles. The van der Waals surface area contributed by atoms with Gasteiger partial charge in [0.1, 0.15) is 0 Å². The summed E-state index contributed by atoms with van der Waals surface area (Å²) in [6.45, 7) is 13.3. The monoisotopic (exact) mass is 294 g/mol. The first-order chi connectivity index (χ1) is 10.1. The van der Waals surface area contributed by atoms with E-state index in [1.807, 2.05) is 0 Å². The molecular formula is C19H38N2. The van der Waals surface area contributed by atoms with E-state index in [-0.39, 0.29) is 0 Å². The Kier molecular flexibility index (Phi) is 6.14. The summed E-state index contributed by atoms with van der Waals surface area (Å²) in [7, 11) is 0. The molecule has 0 unspecified atom stereocenters. The van der Waals surface area contributed by atoms with E-state index in [0.29, 0.717) is 11.1 Å². The van der Waals surface area contributed by atoms with Crippen LogP contribution in [-0.2, 0) is 0 Å². The average Bonchev–Trinajstić information content (AvgIpc) is 2.54. The Bertz CT molecular complexity index is 299. The van der Waals surface area contributed by atoms with Crippen molar-refractivity contribution < 1.29 is 0 Å². The van der Waals surface area contributed by atoms with Crippen molar-refractivity contribution in [3.63, 3.8) is 0 Å². The third kappa shape index (κ3) is 3.64. The molecule has 2 fully saturated rings. The molecule has 2 aliphatic rings. The van der Waals surface area contributed by atoms with E-state index in [4.69, 9.17) is 0 Å². The smallest absolute Gasteiger partial charge is 0.0329 e. The number of hydrogen-bond acceptors (Lipinski definition) is 2. The van der Waals surface area contributed by atoms with Gasteiger partial charge >= 0.3 is 0 Å². The van der Waals surface area contributed by atoms with Gasteiger partial charge in [0, 0.05) is 30.7 Å². The lowest BCUT2D eigenvalue weighted by Crippen LogP contribution is -2.70. The van der Waals surface area contributed by atoms with Crippen molar-refractivity contribution >= 4 is 0 Å².